The lowest BCUT2D eigenvalue weighted by Gasteiger charge is -2.10. The number of phenols is 2. The summed E-state index contributed by atoms with van der Waals surface area (Å²) in [7, 11) is 1.54. The Bertz CT molecular complexity index is 1340. The van der Waals surface area contributed by atoms with Gasteiger partial charge in [-0.3, -0.25) is 4.79 Å². The Balaban J connectivity index is 1.92. The first-order valence-electron chi connectivity index (χ1n) is 9.63. The van der Waals surface area contributed by atoms with Crippen LogP contribution in [-0.2, 0) is 9.53 Å². The van der Waals surface area contributed by atoms with Crippen molar-refractivity contribution < 1.29 is 29.3 Å². The molecule has 1 heterocycles. The molecule has 0 amide bonds. The predicted octanol–water partition coefficient (Wildman–Crippen LogP) is 5.87. The van der Waals surface area contributed by atoms with Crippen LogP contribution in [-0.4, -0.2) is 29.1 Å². The van der Waals surface area contributed by atoms with Crippen LogP contribution < -0.4 is 4.74 Å². The maximum Gasteiger partial charge on any atom is 0.348 e. The molecule has 3 aromatic rings. The Morgan fingerprint density at radius 1 is 0.970 bits per heavy atom. The van der Waals surface area contributed by atoms with Crippen LogP contribution in [0.15, 0.2) is 80.9 Å². The van der Waals surface area contributed by atoms with Gasteiger partial charge in [-0.25, -0.2) is 4.79 Å². The number of hydrogen-bond donors (Lipinski definition) is 2. The van der Waals surface area contributed by atoms with Gasteiger partial charge in [0.1, 0.15) is 28.6 Å². The minimum atomic E-state index is -0.779. The van der Waals surface area contributed by atoms with Crippen LogP contribution in [0.5, 0.6) is 17.2 Å². The number of benzene rings is 3. The van der Waals surface area contributed by atoms with Crippen molar-refractivity contribution in [2.75, 3.05) is 7.11 Å². The van der Waals surface area contributed by atoms with Crippen molar-refractivity contribution in [3.8, 4) is 17.2 Å². The number of rotatable bonds is 5. The van der Waals surface area contributed by atoms with Crippen molar-refractivity contribution >= 4 is 55.3 Å². The molecule has 4 rings (SSSR count). The molecule has 0 aromatic heterocycles. The van der Waals surface area contributed by atoms with Crippen molar-refractivity contribution in [2.24, 2.45) is 0 Å². The van der Waals surface area contributed by atoms with E-state index in [0.717, 1.165) is 0 Å². The Morgan fingerprint density at radius 3 is 2.33 bits per heavy atom. The fraction of sp³-hybridized carbons (Fsp3) is 0.0400. The fourth-order valence-electron chi connectivity index (χ4n) is 3.36. The van der Waals surface area contributed by atoms with E-state index in [1.54, 1.807) is 36.4 Å². The standard InChI is InChI=1S/C25H16Br2O6/c1-32-20-9-5-15(12-18(20)27)22-21(11-13-2-8-19(29)17(26)10-13)33-25(31)23(22)24(30)14-3-6-16(28)7-4-14/h2-12,28-29H,1H3/b21-11-. The topological polar surface area (TPSA) is 93.1 Å². The molecular weight excluding hydrogens is 556 g/mol. The first kappa shape index (κ1) is 22.8. The number of carbonyl (C=O) groups is 2. The molecule has 0 unspecified atom stereocenters. The summed E-state index contributed by atoms with van der Waals surface area (Å²) in [6.45, 7) is 0. The Labute approximate surface area is 206 Å². The quantitative estimate of drug-likeness (QED) is 0.226. The van der Waals surface area contributed by atoms with Gasteiger partial charge < -0.3 is 19.7 Å². The molecule has 33 heavy (non-hydrogen) atoms. The van der Waals surface area contributed by atoms with Crippen molar-refractivity contribution in [2.45, 2.75) is 0 Å². The predicted molar refractivity (Wildman–Crippen MR) is 130 cm³/mol. The summed E-state index contributed by atoms with van der Waals surface area (Å²) in [6.07, 6.45) is 1.62. The number of methoxy groups -OCH3 is 1. The highest BCUT2D eigenvalue weighted by Gasteiger charge is 2.36. The van der Waals surface area contributed by atoms with E-state index in [9.17, 15) is 19.8 Å². The molecule has 0 aliphatic carbocycles. The van der Waals surface area contributed by atoms with Gasteiger partial charge in [-0.1, -0.05) is 12.1 Å². The third-order valence-electron chi connectivity index (χ3n) is 4.97. The van der Waals surface area contributed by atoms with Crippen LogP contribution >= 0.6 is 31.9 Å². The molecule has 8 heteroatoms. The van der Waals surface area contributed by atoms with Gasteiger partial charge in [-0.15, -0.1) is 0 Å². The summed E-state index contributed by atoms with van der Waals surface area (Å²) in [6, 6.07) is 15.6. The van der Waals surface area contributed by atoms with Gasteiger partial charge in [-0.2, -0.15) is 0 Å². The molecule has 1 aliphatic rings. The summed E-state index contributed by atoms with van der Waals surface area (Å²) < 4.78 is 11.9. The number of esters is 1. The summed E-state index contributed by atoms with van der Waals surface area (Å²) in [5, 5.41) is 19.3. The zero-order valence-corrected chi connectivity index (χ0v) is 20.3. The molecule has 0 radical (unpaired) electrons. The number of phenolic OH excluding ortho intramolecular Hbond substituents is 2. The summed E-state index contributed by atoms with van der Waals surface area (Å²) in [4.78, 5) is 26.2. The maximum atomic E-state index is 13.3. The van der Waals surface area contributed by atoms with E-state index in [4.69, 9.17) is 9.47 Å². The first-order chi connectivity index (χ1) is 15.8. The molecule has 0 bridgehead atoms. The minimum Gasteiger partial charge on any atom is -0.508 e. The van der Waals surface area contributed by atoms with Crippen LogP contribution in [0.4, 0.5) is 0 Å². The molecule has 0 spiro atoms. The lowest BCUT2D eigenvalue weighted by molar-refractivity contribution is -0.132. The number of Topliss-reactive ketones (excluding diaryl/α,β-unsaturated/α-hetero) is 1. The molecule has 0 saturated heterocycles. The number of cyclic esters (lactones) is 1. The van der Waals surface area contributed by atoms with Crippen LogP contribution in [0.2, 0.25) is 0 Å². The van der Waals surface area contributed by atoms with Crippen LogP contribution in [0.1, 0.15) is 21.5 Å². The fourth-order valence-corrected chi connectivity index (χ4v) is 4.30. The minimum absolute atomic E-state index is 0.00679. The van der Waals surface area contributed by atoms with Crippen molar-refractivity contribution in [3.63, 3.8) is 0 Å². The van der Waals surface area contributed by atoms with Gasteiger partial charge in [0, 0.05) is 11.1 Å². The molecule has 0 fully saturated rings. The van der Waals surface area contributed by atoms with E-state index in [-0.39, 0.29) is 28.4 Å². The Morgan fingerprint density at radius 2 is 1.70 bits per heavy atom. The average molecular weight is 572 g/mol. The number of carbonyl (C=O) groups excluding carboxylic acids is 2. The zero-order valence-electron chi connectivity index (χ0n) is 17.1. The average Bonchev–Trinajstić information content (AvgIpc) is 3.11. The second-order valence-electron chi connectivity index (χ2n) is 7.08. The number of allylic oxidation sites excluding steroid dienone is 1. The lowest BCUT2D eigenvalue weighted by atomic mass is 9.93. The number of ketones is 1. The van der Waals surface area contributed by atoms with Crippen LogP contribution in [0.25, 0.3) is 11.6 Å². The number of aromatic hydroxyl groups is 2. The SMILES string of the molecule is COc1ccc(C2=C(C(=O)c3ccc(O)cc3)C(=O)O/C2=C\c2ccc(O)c(Br)c2)cc1Br. The third-order valence-corrected chi connectivity index (χ3v) is 6.22. The molecule has 3 aromatic carbocycles. The number of hydrogen-bond acceptors (Lipinski definition) is 6. The summed E-state index contributed by atoms with van der Waals surface area (Å²) in [5.41, 5.74) is 1.65. The van der Waals surface area contributed by atoms with Crippen LogP contribution in [0, 0.1) is 0 Å². The van der Waals surface area contributed by atoms with Gasteiger partial charge in [0.05, 0.1) is 16.1 Å². The van der Waals surface area contributed by atoms with Crippen molar-refractivity contribution in [1.29, 1.82) is 0 Å². The van der Waals surface area contributed by atoms with Gasteiger partial charge in [0.25, 0.3) is 0 Å². The smallest absolute Gasteiger partial charge is 0.348 e. The highest BCUT2D eigenvalue weighted by molar-refractivity contribution is 9.10. The molecular formula is C25H16Br2O6. The third kappa shape index (κ3) is 4.58. The largest absolute Gasteiger partial charge is 0.508 e. The van der Waals surface area contributed by atoms with Gasteiger partial charge in [0.2, 0.25) is 5.78 Å². The molecule has 166 valence electrons. The molecule has 0 atom stereocenters. The van der Waals surface area contributed by atoms with Gasteiger partial charge in [-0.05, 0) is 97.6 Å². The van der Waals surface area contributed by atoms with E-state index < -0.39 is 11.8 Å². The van der Waals surface area contributed by atoms with E-state index in [1.165, 1.54) is 37.4 Å². The lowest BCUT2D eigenvalue weighted by Crippen LogP contribution is -2.11. The second-order valence-corrected chi connectivity index (χ2v) is 8.79. The Hall–Kier alpha value is -3.36. The normalized spacial score (nSPS) is 14.5. The molecule has 0 saturated carbocycles. The van der Waals surface area contributed by atoms with E-state index in [0.29, 0.717) is 31.4 Å². The highest BCUT2D eigenvalue weighted by Crippen LogP contribution is 2.40. The van der Waals surface area contributed by atoms with Crippen LogP contribution in [0.3, 0.4) is 0 Å². The Kier molecular flexibility index (Phi) is 6.40. The summed E-state index contributed by atoms with van der Waals surface area (Å²) >= 11 is 6.71. The number of halogens is 2. The first-order valence-corrected chi connectivity index (χ1v) is 11.2. The summed E-state index contributed by atoms with van der Waals surface area (Å²) in [5.74, 6) is -0.455. The van der Waals surface area contributed by atoms with E-state index in [1.807, 2.05) is 0 Å². The van der Waals surface area contributed by atoms with E-state index >= 15 is 0 Å². The monoisotopic (exact) mass is 570 g/mol. The van der Waals surface area contributed by atoms with Gasteiger partial charge in [0.15, 0.2) is 0 Å². The number of ether oxygens (including phenoxy) is 2. The van der Waals surface area contributed by atoms with Gasteiger partial charge >= 0.3 is 5.97 Å². The molecule has 2 N–H and O–H groups in total. The van der Waals surface area contributed by atoms with Crippen molar-refractivity contribution in [3.05, 3.63) is 97.6 Å². The molecule has 1 aliphatic heterocycles. The zero-order chi connectivity index (χ0) is 23.7. The second kappa shape index (κ2) is 9.25. The molecule has 6 nitrogen and oxygen atoms in total. The van der Waals surface area contributed by atoms with E-state index in [2.05, 4.69) is 31.9 Å². The maximum absolute atomic E-state index is 13.3. The van der Waals surface area contributed by atoms with Crippen molar-refractivity contribution in [1.82, 2.24) is 0 Å². The highest BCUT2D eigenvalue weighted by atomic mass is 79.9.